The van der Waals surface area contributed by atoms with Crippen LogP contribution in [0.25, 0.3) is 0 Å². The third kappa shape index (κ3) is 3.88. The number of piperidine rings is 1. The molecule has 48 valence electrons. The van der Waals surface area contributed by atoms with Crippen molar-refractivity contribution >= 4 is 0 Å². The van der Waals surface area contributed by atoms with E-state index in [0.717, 1.165) is 0 Å². The highest BCUT2D eigenvalue weighted by molar-refractivity contribution is 4.55. The molecule has 0 aromatic heterocycles. The van der Waals surface area contributed by atoms with Crippen LogP contribution >= 0.6 is 0 Å². The van der Waals surface area contributed by atoms with Crippen LogP contribution in [-0.2, 0) is 0 Å². The lowest BCUT2D eigenvalue weighted by Crippen LogP contribution is -2.21. The summed E-state index contributed by atoms with van der Waals surface area (Å²) in [5.74, 6) is 0. The molecule has 1 rings (SSSR count). The molecule has 1 fully saturated rings. The number of rotatable bonds is 0. The molecule has 0 amide bonds. The molecule has 0 bridgehead atoms. The van der Waals surface area contributed by atoms with E-state index < -0.39 is 0 Å². The zero-order chi connectivity index (χ0) is 6.24. The Morgan fingerprint density at radius 2 is 1.38 bits per heavy atom. The molecule has 0 spiro atoms. The van der Waals surface area contributed by atoms with Crippen LogP contribution in [0.3, 0.4) is 0 Å². The molecule has 1 aliphatic heterocycles. The average Bonchev–Trinajstić information content (AvgIpc) is 1.96. The summed E-state index contributed by atoms with van der Waals surface area (Å²) < 4.78 is 0. The third-order valence-electron chi connectivity index (χ3n) is 1.21. The van der Waals surface area contributed by atoms with Gasteiger partial charge in [0.05, 0.1) is 0 Å². The third-order valence-corrected chi connectivity index (χ3v) is 1.21. The molecule has 0 aromatic carbocycles. The van der Waals surface area contributed by atoms with Crippen molar-refractivity contribution in [3.63, 3.8) is 0 Å². The smallest absolute Gasteiger partial charge is 0.00489 e. The topological polar surface area (TPSA) is 12.0 Å². The molecule has 0 unspecified atom stereocenters. The first kappa shape index (κ1) is 7.70. The van der Waals surface area contributed by atoms with Crippen molar-refractivity contribution in [3.8, 4) is 0 Å². The highest BCUT2D eigenvalue weighted by Gasteiger charge is 1.93. The van der Waals surface area contributed by atoms with E-state index in [1.54, 1.807) is 0 Å². The van der Waals surface area contributed by atoms with Crippen LogP contribution < -0.4 is 5.32 Å². The predicted octanol–water partition coefficient (Wildman–Crippen LogP) is 1.56. The first-order valence-corrected chi connectivity index (χ1v) is 3.21. The normalized spacial score (nSPS) is 18.5. The summed E-state index contributed by atoms with van der Waals surface area (Å²) in [6.07, 6.45) is 4.22. The summed E-state index contributed by atoms with van der Waals surface area (Å²) in [7, 11) is 0. The van der Waals surface area contributed by atoms with Gasteiger partial charge in [-0.25, -0.2) is 0 Å². The average molecular weight is 113 g/mol. The van der Waals surface area contributed by atoms with Crippen LogP contribution in [0.5, 0.6) is 0 Å². The summed E-state index contributed by atoms with van der Waals surface area (Å²) >= 11 is 0. The molecule has 1 saturated heterocycles. The van der Waals surface area contributed by atoms with E-state index >= 15 is 0 Å². The van der Waals surface area contributed by atoms with Gasteiger partial charge in [0.1, 0.15) is 0 Å². The van der Waals surface area contributed by atoms with Crippen LogP contribution in [0, 0.1) is 0 Å². The van der Waals surface area contributed by atoms with Gasteiger partial charge in [-0.05, 0) is 25.9 Å². The molecule has 1 heterocycles. The maximum Gasteiger partial charge on any atom is -0.00489 e. The molecule has 0 aliphatic carbocycles. The van der Waals surface area contributed by atoms with Crippen molar-refractivity contribution in [3.05, 3.63) is 13.2 Å². The minimum atomic E-state index is 1.25. The minimum Gasteiger partial charge on any atom is -0.317 e. The summed E-state index contributed by atoms with van der Waals surface area (Å²) in [5, 5.41) is 3.28. The van der Waals surface area contributed by atoms with Gasteiger partial charge in [-0.3, -0.25) is 0 Å². The Morgan fingerprint density at radius 3 is 1.50 bits per heavy atom. The Kier molecular flexibility index (Phi) is 6.45. The SMILES string of the molecule is C1CCNCC1.C=C. The van der Waals surface area contributed by atoms with Gasteiger partial charge < -0.3 is 5.32 Å². The van der Waals surface area contributed by atoms with Gasteiger partial charge >= 0.3 is 0 Å². The van der Waals surface area contributed by atoms with Gasteiger partial charge in [0, 0.05) is 0 Å². The second-order valence-corrected chi connectivity index (χ2v) is 1.81. The van der Waals surface area contributed by atoms with E-state index in [4.69, 9.17) is 0 Å². The fourth-order valence-corrected chi connectivity index (χ4v) is 0.802. The van der Waals surface area contributed by atoms with Crippen molar-refractivity contribution in [1.82, 2.24) is 5.32 Å². The first-order valence-electron chi connectivity index (χ1n) is 3.21. The Balaban J connectivity index is 0.000000222. The summed E-state index contributed by atoms with van der Waals surface area (Å²) in [6, 6.07) is 0. The quantitative estimate of drug-likeness (QED) is 0.470. The molecule has 0 saturated carbocycles. The summed E-state index contributed by atoms with van der Waals surface area (Å²) in [5.41, 5.74) is 0. The number of hydrogen-bond acceptors (Lipinski definition) is 1. The largest absolute Gasteiger partial charge is 0.317 e. The monoisotopic (exact) mass is 113 g/mol. The van der Waals surface area contributed by atoms with Crippen molar-refractivity contribution in [1.29, 1.82) is 0 Å². The molecule has 1 aliphatic rings. The fraction of sp³-hybridized carbons (Fsp3) is 0.714. The Labute approximate surface area is 51.8 Å². The Bertz CT molecular complexity index is 28.1. The van der Waals surface area contributed by atoms with Crippen molar-refractivity contribution in [2.24, 2.45) is 0 Å². The highest BCUT2D eigenvalue weighted by atomic mass is 14.9. The fourth-order valence-electron chi connectivity index (χ4n) is 0.802. The van der Waals surface area contributed by atoms with E-state index in [1.807, 2.05) is 0 Å². The van der Waals surface area contributed by atoms with E-state index in [-0.39, 0.29) is 0 Å². The lowest BCUT2D eigenvalue weighted by molar-refractivity contribution is 0.520. The molecular formula is C7H15N. The van der Waals surface area contributed by atoms with E-state index in [2.05, 4.69) is 18.5 Å². The van der Waals surface area contributed by atoms with E-state index in [1.165, 1.54) is 32.4 Å². The second-order valence-electron chi connectivity index (χ2n) is 1.81. The zero-order valence-corrected chi connectivity index (χ0v) is 5.45. The van der Waals surface area contributed by atoms with Crippen molar-refractivity contribution in [2.75, 3.05) is 13.1 Å². The van der Waals surface area contributed by atoms with Gasteiger partial charge in [0.2, 0.25) is 0 Å². The van der Waals surface area contributed by atoms with Gasteiger partial charge in [0.15, 0.2) is 0 Å². The Hall–Kier alpha value is -0.300. The molecule has 0 atom stereocenters. The van der Waals surface area contributed by atoms with Crippen LogP contribution in [0.15, 0.2) is 13.2 Å². The van der Waals surface area contributed by atoms with Crippen molar-refractivity contribution < 1.29 is 0 Å². The van der Waals surface area contributed by atoms with Gasteiger partial charge in [-0.1, -0.05) is 6.42 Å². The maximum absolute atomic E-state index is 3.28. The molecular weight excluding hydrogens is 98.1 g/mol. The van der Waals surface area contributed by atoms with Gasteiger partial charge in [-0.15, -0.1) is 13.2 Å². The van der Waals surface area contributed by atoms with Crippen LogP contribution in [0.4, 0.5) is 0 Å². The van der Waals surface area contributed by atoms with Crippen LogP contribution in [-0.4, -0.2) is 13.1 Å². The summed E-state index contributed by atoms with van der Waals surface area (Å²) in [6.45, 7) is 8.50. The summed E-state index contributed by atoms with van der Waals surface area (Å²) in [4.78, 5) is 0. The highest BCUT2D eigenvalue weighted by Crippen LogP contribution is 1.96. The molecule has 0 radical (unpaired) electrons. The van der Waals surface area contributed by atoms with E-state index in [9.17, 15) is 0 Å². The number of nitrogens with one attached hydrogen (secondary N) is 1. The maximum atomic E-state index is 3.28. The predicted molar refractivity (Wildman–Crippen MR) is 38.0 cm³/mol. The standard InChI is InChI=1S/C5H11N.C2H4/c1-2-4-6-5-3-1;1-2/h6H,1-5H2;1-2H2. The Morgan fingerprint density at radius 1 is 0.875 bits per heavy atom. The lowest BCUT2D eigenvalue weighted by Gasteiger charge is -2.08. The number of hydrogen-bond donors (Lipinski definition) is 1. The van der Waals surface area contributed by atoms with Crippen molar-refractivity contribution in [2.45, 2.75) is 19.3 Å². The van der Waals surface area contributed by atoms with Crippen LogP contribution in [0.1, 0.15) is 19.3 Å². The first-order chi connectivity index (χ1) is 4.00. The molecule has 1 N–H and O–H groups in total. The second kappa shape index (κ2) is 6.70. The molecule has 8 heavy (non-hydrogen) atoms. The van der Waals surface area contributed by atoms with Gasteiger partial charge in [0.25, 0.3) is 0 Å². The van der Waals surface area contributed by atoms with Crippen LogP contribution in [0.2, 0.25) is 0 Å². The lowest BCUT2D eigenvalue weighted by atomic mass is 10.2. The van der Waals surface area contributed by atoms with E-state index in [0.29, 0.717) is 0 Å². The molecule has 1 nitrogen and oxygen atoms in total. The molecule has 0 aromatic rings. The molecule has 1 heteroatoms. The zero-order valence-electron chi connectivity index (χ0n) is 5.45. The van der Waals surface area contributed by atoms with Gasteiger partial charge in [-0.2, -0.15) is 0 Å². The minimum absolute atomic E-state index is 1.25.